The lowest BCUT2D eigenvalue weighted by Crippen LogP contribution is -2.11. The number of aryl methyl sites for hydroxylation is 1. The van der Waals surface area contributed by atoms with Crippen LogP contribution in [0.2, 0.25) is 0 Å². The van der Waals surface area contributed by atoms with Crippen molar-refractivity contribution in [3.63, 3.8) is 0 Å². The lowest BCUT2D eigenvalue weighted by atomic mass is 10.2. The molecule has 1 aromatic heterocycles. The summed E-state index contributed by atoms with van der Waals surface area (Å²) in [4.78, 5) is 0.328. The average molecular weight is 220 g/mol. The van der Waals surface area contributed by atoms with E-state index in [1.165, 1.54) is 12.4 Å². The highest BCUT2D eigenvalue weighted by Gasteiger charge is 2.17. The van der Waals surface area contributed by atoms with Crippen LogP contribution in [0.1, 0.15) is 5.56 Å². The highest BCUT2D eigenvalue weighted by Crippen LogP contribution is 2.17. The summed E-state index contributed by atoms with van der Waals surface area (Å²) in [7, 11) is -3.44. The van der Waals surface area contributed by atoms with E-state index in [0.29, 0.717) is 4.90 Å². The summed E-state index contributed by atoms with van der Waals surface area (Å²) in [5.41, 5.74) is 0.742. The first-order chi connectivity index (χ1) is 7.12. The summed E-state index contributed by atoms with van der Waals surface area (Å²) in [6.45, 7) is 1.78. The third-order valence-electron chi connectivity index (χ3n) is 2.17. The lowest BCUT2D eigenvalue weighted by Gasteiger charge is -2.07. The van der Waals surface area contributed by atoms with Crippen LogP contribution in [0, 0.1) is 13.0 Å². The zero-order valence-electron chi connectivity index (χ0n) is 8.21. The second kappa shape index (κ2) is 3.55. The molecule has 0 amide bonds. The van der Waals surface area contributed by atoms with Crippen molar-refractivity contribution in [2.75, 3.05) is 0 Å². The van der Waals surface area contributed by atoms with E-state index in [1.807, 2.05) is 6.07 Å². The molecule has 1 radical (unpaired) electrons. The van der Waals surface area contributed by atoms with Crippen LogP contribution in [0.15, 0.2) is 47.6 Å². The van der Waals surface area contributed by atoms with Gasteiger partial charge in [0.1, 0.15) is 0 Å². The number of nitrogens with zero attached hydrogens (tertiary/aromatic N) is 1. The molecule has 0 N–H and O–H groups in total. The topological polar surface area (TPSA) is 39.1 Å². The molecule has 0 saturated heterocycles. The molecule has 0 aliphatic rings. The maximum Gasteiger partial charge on any atom is 0.267 e. The van der Waals surface area contributed by atoms with Gasteiger partial charge in [-0.2, -0.15) is 0 Å². The van der Waals surface area contributed by atoms with E-state index in [2.05, 4.69) is 6.07 Å². The average Bonchev–Trinajstić information content (AvgIpc) is 2.71. The Morgan fingerprint density at radius 3 is 2.60 bits per heavy atom. The largest absolute Gasteiger partial charge is 0.267 e. The quantitative estimate of drug-likeness (QED) is 0.774. The van der Waals surface area contributed by atoms with E-state index < -0.39 is 10.0 Å². The molecule has 2 aromatic rings. The lowest BCUT2D eigenvalue weighted by molar-refractivity contribution is 0.587. The van der Waals surface area contributed by atoms with Crippen LogP contribution in [0.4, 0.5) is 0 Å². The van der Waals surface area contributed by atoms with E-state index in [-0.39, 0.29) is 0 Å². The maximum absolute atomic E-state index is 12.1. The van der Waals surface area contributed by atoms with Crippen LogP contribution in [0.5, 0.6) is 0 Å². The molecule has 3 nitrogen and oxygen atoms in total. The molecule has 0 aliphatic heterocycles. The van der Waals surface area contributed by atoms with Crippen LogP contribution in [0.3, 0.4) is 0 Å². The second-order valence-electron chi connectivity index (χ2n) is 3.21. The standard InChI is InChI=1S/C11H10NO2S/c1-10-6-2-3-7-11(10)15(13,14)12-8-4-5-9-12/h2-4,6-9H,1H3. The molecule has 15 heavy (non-hydrogen) atoms. The number of aromatic nitrogens is 1. The van der Waals surface area contributed by atoms with E-state index in [1.54, 1.807) is 31.2 Å². The number of rotatable bonds is 2. The predicted molar refractivity (Wildman–Crippen MR) is 57.0 cm³/mol. The maximum atomic E-state index is 12.1. The molecule has 77 valence electrons. The van der Waals surface area contributed by atoms with Gasteiger partial charge in [-0.3, -0.25) is 0 Å². The molecule has 2 rings (SSSR count). The Balaban J connectivity index is 2.62. The third kappa shape index (κ3) is 1.68. The van der Waals surface area contributed by atoms with Gasteiger partial charge in [-0.15, -0.1) is 0 Å². The Morgan fingerprint density at radius 1 is 1.27 bits per heavy atom. The van der Waals surface area contributed by atoms with E-state index in [4.69, 9.17) is 0 Å². The minimum Gasteiger partial charge on any atom is -0.248 e. The zero-order chi connectivity index (χ0) is 10.9. The van der Waals surface area contributed by atoms with Gasteiger partial charge in [0.15, 0.2) is 0 Å². The number of benzene rings is 1. The summed E-state index contributed by atoms with van der Waals surface area (Å²) in [5.74, 6) is 0. The van der Waals surface area contributed by atoms with Gasteiger partial charge >= 0.3 is 0 Å². The highest BCUT2D eigenvalue weighted by molar-refractivity contribution is 7.90. The minimum atomic E-state index is -3.44. The summed E-state index contributed by atoms with van der Waals surface area (Å²) in [5, 5.41) is 0. The summed E-state index contributed by atoms with van der Waals surface area (Å²) in [6.07, 6.45) is 2.88. The molecular formula is C11H10NO2S. The van der Waals surface area contributed by atoms with Gasteiger partial charge in [-0.25, -0.2) is 12.4 Å². The van der Waals surface area contributed by atoms with E-state index >= 15 is 0 Å². The van der Waals surface area contributed by atoms with Gasteiger partial charge in [0, 0.05) is 18.5 Å². The van der Waals surface area contributed by atoms with Crippen molar-refractivity contribution >= 4 is 10.0 Å². The molecular weight excluding hydrogens is 210 g/mol. The fraction of sp³-hybridized carbons (Fsp3) is 0.0909. The first kappa shape index (κ1) is 9.98. The van der Waals surface area contributed by atoms with E-state index in [0.717, 1.165) is 9.54 Å². The fourth-order valence-electron chi connectivity index (χ4n) is 1.38. The van der Waals surface area contributed by atoms with Crippen LogP contribution >= 0.6 is 0 Å². The molecule has 0 spiro atoms. The van der Waals surface area contributed by atoms with Crippen molar-refractivity contribution < 1.29 is 8.42 Å². The second-order valence-corrected chi connectivity index (χ2v) is 5.02. The third-order valence-corrected chi connectivity index (χ3v) is 3.96. The Kier molecular flexibility index (Phi) is 2.36. The summed E-state index contributed by atoms with van der Waals surface area (Å²) in [6, 6.07) is 11.2. The van der Waals surface area contributed by atoms with Gasteiger partial charge < -0.3 is 0 Å². The fourth-order valence-corrected chi connectivity index (χ4v) is 2.76. The van der Waals surface area contributed by atoms with Gasteiger partial charge in [0.25, 0.3) is 10.0 Å². The van der Waals surface area contributed by atoms with E-state index in [9.17, 15) is 8.42 Å². The Bertz CT molecular complexity index is 556. The van der Waals surface area contributed by atoms with Crippen LogP contribution < -0.4 is 0 Å². The van der Waals surface area contributed by atoms with Gasteiger partial charge in [0.05, 0.1) is 4.90 Å². The Labute approximate surface area is 89.0 Å². The van der Waals surface area contributed by atoms with Crippen molar-refractivity contribution in [2.45, 2.75) is 11.8 Å². The normalized spacial score (nSPS) is 11.5. The van der Waals surface area contributed by atoms with Crippen molar-refractivity contribution in [3.8, 4) is 0 Å². The van der Waals surface area contributed by atoms with Gasteiger partial charge in [-0.05, 0) is 24.6 Å². The van der Waals surface area contributed by atoms with Crippen molar-refractivity contribution in [2.24, 2.45) is 0 Å². The van der Waals surface area contributed by atoms with Crippen molar-refractivity contribution in [3.05, 3.63) is 54.4 Å². The molecule has 0 fully saturated rings. The molecule has 0 saturated carbocycles. The molecule has 1 heterocycles. The monoisotopic (exact) mass is 220 g/mol. The molecule has 4 heteroatoms. The van der Waals surface area contributed by atoms with Crippen LogP contribution in [-0.4, -0.2) is 12.4 Å². The number of hydrogen-bond acceptors (Lipinski definition) is 2. The van der Waals surface area contributed by atoms with Gasteiger partial charge in [0.2, 0.25) is 0 Å². The van der Waals surface area contributed by atoms with Crippen molar-refractivity contribution in [1.82, 2.24) is 3.97 Å². The van der Waals surface area contributed by atoms with Crippen LogP contribution in [0.25, 0.3) is 0 Å². The summed E-state index contributed by atoms with van der Waals surface area (Å²) < 4.78 is 25.3. The highest BCUT2D eigenvalue weighted by atomic mass is 32.2. The molecule has 0 aliphatic carbocycles. The SMILES string of the molecule is Cc1ccccc1S(=O)(=O)n1c[c]cc1. The molecule has 0 atom stereocenters. The first-order valence-corrected chi connectivity index (χ1v) is 5.91. The zero-order valence-corrected chi connectivity index (χ0v) is 9.03. The predicted octanol–water partition coefficient (Wildman–Crippen LogP) is 1.83. The van der Waals surface area contributed by atoms with Crippen molar-refractivity contribution in [1.29, 1.82) is 0 Å². The molecule has 0 unspecified atom stereocenters. The smallest absolute Gasteiger partial charge is 0.248 e. The number of hydrogen-bond donors (Lipinski definition) is 0. The summed E-state index contributed by atoms with van der Waals surface area (Å²) >= 11 is 0. The molecule has 0 bridgehead atoms. The minimum absolute atomic E-state index is 0.328. The molecule has 1 aromatic carbocycles. The Morgan fingerprint density at radius 2 is 2.00 bits per heavy atom. The first-order valence-electron chi connectivity index (χ1n) is 4.47. The Hall–Kier alpha value is -1.55. The van der Waals surface area contributed by atoms with Gasteiger partial charge in [-0.1, -0.05) is 18.2 Å². The van der Waals surface area contributed by atoms with Crippen LogP contribution in [-0.2, 0) is 10.0 Å².